The summed E-state index contributed by atoms with van der Waals surface area (Å²) in [7, 11) is 0. The Hall–Kier alpha value is -1.26. The molecule has 1 aromatic carbocycles. The van der Waals surface area contributed by atoms with E-state index in [9.17, 15) is 4.79 Å². The molecule has 0 unspecified atom stereocenters. The zero-order chi connectivity index (χ0) is 16.5. The van der Waals surface area contributed by atoms with Crippen LogP contribution in [0.1, 0.15) is 55.0 Å². The van der Waals surface area contributed by atoms with Crippen LogP contribution in [0.15, 0.2) is 34.1 Å². The maximum Gasteiger partial charge on any atom is 0.349 e. The van der Waals surface area contributed by atoms with Gasteiger partial charge in [-0.15, -0.1) is 11.8 Å². The van der Waals surface area contributed by atoms with Crippen LogP contribution in [0.2, 0.25) is 5.02 Å². The fourth-order valence-electron chi connectivity index (χ4n) is 3.94. The fraction of sp³-hybridized carbons (Fsp3) is 0.474. The molecule has 126 valence electrons. The summed E-state index contributed by atoms with van der Waals surface area (Å²) < 4.78 is 2.03. The molecule has 4 rings (SSSR count). The van der Waals surface area contributed by atoms with E-state index in [1.807, 2.05) is 28.8 Å². The Morgan fingerprint density at radius 3 is 2.62 bits per heavy atom. The summed E-state index contributed by atoms with van der Waals surface area (Å²) in [5.74, 6) is 0.823. The van der Waals surface area contributed by atoms with Crippen molar-refractivity contribution in [2.45, 2.75) is 61.8 Å². The lowest BCUT2D eigenvalue weighted by Gasteiger charge is -2.19. The van der Waals surface area contributed by atoms with Gasteiger partial charge in [-0.05, 0) is 49.8 Å². The van der Waals surface area contributed by atoms with E-state index < -0.39 is 0 Å². The minimum Gasteiger partial charge on any atom is -0.293 e. The number of aromatic nitrogens is 2. The summed E-state index contributed by atoms with van der Waals surface area (Å²) in [6, 6.07) is 8.28. The van der Waals surface area contributed by atoms with E-state index >= 15 is 0 Å². The lowest BCUT2D eigenvalue weighted by molar-refractivity contribution is 0.471. The molecule has 0 spiro atoms. The van der Waals surface area contributed by atoms with Crippen LogP contribution in [0.3, 0.4) is 0 Å². The Morgan fingerprint density at radius 1 is 1.12 bits per heavy atom. The average Bonchev–Trinajstić information content (AvgIpc) is 3.25. The van der Waals surface area contributed by atoms with Gasteiger partial charge in [-0.1, -0.05) is 36.6 Å². The third-order valence-electron chi connectivity index (χ3n) is 5.12. The van der Waals surface area contributed by atoms with E-state index in [0.29, 0.717) is 6.04 Å². The summed E-state index contributed by atoms with van der Waals surface area (Å²) in [5, 5.41) is 1.69. The molecule has 2 aromatic rings. The van der Waals surface area contributed by atoms with E-state index in [1.165, 1.54) is 29.7 Å². The fourth-order valence-corrected chi connectivity index (χ4v) is 5.10. The zero-order valence-electron chi connectivity index (χ0n) is 13.6. The number of hydrogen-bond donors (Lipinski definition) is 0. The highest BCUT2D eigenvalue weighted by atomic mass is 35.5. The molecule has 24 heavy (non-hydrogen) atoms. The molecular formula is C19H21ClN2OS. The maximum atomic E-state index is 12.7. The van der Waals surface area contributed by atoms with Crippen LogP contribution in [0.5, 0.6) is 0 Å². The number of rotatable bonds is 4. The van der Waals surface area contributed by atoms with Crippen molar-refractivity contribution in [3.05, 3.63) is 56.6 Å². The second kappa shape index (κ2) is 6.93. The molecule has 3 nitrogen and oxygen atoms in total. The maximum absolute atomic E-state index is 12.7. The molecule has 0 amide bonds. The van der Waals surface area contributed by atoms with Crippen molar-refractivity contribution in [2.24, 2.45) is 0 Å². The van der Waals surface area contributed by atoms with Gasteiger partial charge in [0.2, 0.25) is 0 Å². The summed E-state index contributed by atoms with van der Waals surface area (Å²) in [4.78, 5) is 17.1. The number of hydrogen-bond acceptors (Lipinski definition) is 3. The predicted molar refractivity (Wildman–Crippen MR) is 99.0 cm³/mol. The smallest absolute Gasteiger partial charge is 0.293 e. The van der Waals surface area contributed by atoms with Gasteiger partial charge in [0.15, 0.2) is 0 Å². The summed E-state index contributed by atoms with van der Waals surface area (Å²) >= 11 is 7.63. The molecule has 2 aliphatic rings. The first kappa shape index (κ1) is 16.2. The molecule has 0 atom stereocenters. The van der Waals surface area contributed by atoms with Crippen molar-refractivity contribution < 1.29 is 0 Å². The Balaban J connectivity index is 1.62. The first-order chi connectivity index (χ1) is 11.7. The standard InChI is InChI=1S/C19H21ClN2OS/c20-14-10-8-13(9-11-14)12-24-18-16-6-3-7-17(16)22(19(23)21-18)15-4-1-2-5-15/h8-11,15H,1-7,12H2. The number of benzene rings is 1. The third kappa shape index (κ3) is 3.14. The number of nitrogens with zero attached hydrogens (tertiary/aromatic N) is 2. The van der Waals surface area contributed by atoms with E-state index in [0.717, 1.165) is 47.9 Å². The molecule has 0 radical (unpaired) electrons. The molecule has 0 aliphatic heterocycles. The zero-order valence-corrected chi connectivity index (χ0v) is 15.2. The van der Waals surface area contributed by atoms with Crippen LogP contribution in [0.25, 0.3) is 0 Å². The van der Waals surface area contributed by atoms with Crippen LogP contribution >= 0.6 is 23.4 Å². The van der Waals surface area contributed by atoms with Crippen LogP contribution in [0, 0.1) is 0 Å². The molecule has 1 saturated carbocycles. The van der Waals surface area contributed by atoms with Gasteiger partial charge >= 0.3 is 5.69 Å². The molecular weight excluding hydrogens is 340 g/mol. The van der Waals surface area contributed by atoms with Gasteiger partial charge in [0, 0.05) is 28.1 Å². The van der Waals surface area contributed by atoms with Crippen LogP contribution in [0.4, 0.5) is 0 Å². The van der Waals surface area contributed by atoms with E-state index in [2.05, 4.69) is 4.98 Å². The minimum atomic E-state index is -0.0406. The number of halogens is 1. The van der Waals surface area contributed by atoms with E-state index in [4.69, 9.17) is 11.6 Å². The van der Waals surface area contributed by atoms with Gasteiger partial charge in [0.1, 0.15) is 5.03 Å². The van der Waals surface area contributed by atoms with Crippen molar-refractivity contribution in [1.82, 2.24) is 9.55 Å². The summed E-state index contributed by atoms with van der Waals surface area (Å²) in [5.41, 5.74) is 3.75. The predicted octanol–water partition coefficient (Wildman–Crippen LogP) is 4.79. The topological polar surface area (TPSA) is 34.9 Å². The van der Waals surface area contributed by atoms with Crippen molar-refractivity contribution in [3.8, 4) is 0 Å². The van der Waals surface area contributed by atoms with Crippen molar-refractivity contribution in [3.63, 3.8) is 0 Å². The highest BCUT2D eigenvalue weighted by molar-refractivity contribution is 7.98. The first-order valence-corrected chi connectivity index (χ1v) is 10.1. The summed E-state index contributed by atoms with van der Waals surface area (Å²) in [6.45, 7) is 0. The van der Waals surface area contributed by atoms with Gasteiger partial charge in [-0.2, -0.15) is 4.98 Å². The van der Waals surface area contributed by atoms with E-state index in [-0.39, 0.29) is 5.69 Å². The van der Waals surface area contributed by atoms with Gasteiger partial charge in [0.05, 0.1) is 0 Å². The summed E-state index contributed by atoms with van der Waals surface area (Å²) in [6.07, 6.45) is 7.95. The number of thioether (sulfide) groups is 1. The van der Waals surface area contributed by atoms with Crippen LogP contribution < -0.4 is 5.69 Å². The molecule has 1 heterocycles. The van der Waals surface area contributed by atoms with E-state index in [1.54, 1.807) is 11.8 Å². The molecule has 1 fully saturated rings. The molecule has 0 bridgehead atoms. The lowest BCUT2D eigenvalue weighted by atomic mass is 10.2. The van der Waals surface area contributed by atoms with Crippen molar-refractivity contribution in [2.75, 3.05) is 0 Å². The highest BCUT2D eigenvalue weighted by Crippen LogP contribution is 2.35. The Bertz CT molecular complexity index is 794. The van der Waals surface area contributed by atoms with Gasteiger partial charge in [-0.3, -0.25) is 4.57 Å². The minimum absolute atomic E-state index is 0.0406. The quantitative estimate of drug-likeness (QED) is 0.580. The second-order valence-electron chi connectivity index (χ2n) is 6.70. The molecule has 5 heteroatoms. The monoisotopic (exact) mass is 360 g/mol. The third-order valence-corrected chi connectivity index (χ3v) is 6.46. The first-order valence-electron chi connectivity index (χ1n) is 8.74. The molecule has 0 saturated heterocycles. The van der Waals surface area contributed by atoms with Gasteiger partial charge in [-0.25, -0.2) is 4.79 Å². The Morgan fingerprint density at radius 2 is 1.88 bits per heavy atom. The molecule has 1 aromatic heterocycles. The lowest BCUT2D eigenvalue weighted by Crippen LogP contribution is -2.29. The highest BCUT2D eigenvalue weighted by Gasteiger charge is 2.27. The SMILES string of the molecule is O=c1nc(SCc2ccc(Cl)cc2)c2c(n1C1CCCC1)CCC2. The van der Waals surface area contributed by atoms with Crippen molar-refractivity contribution >= 4 is 23.4 Å². The Kier molecular flexibility index (Phi) is 4.68. The molecule has 0 N–H and O–H groups in total. The number of fused-ring (bicyclic) bond motifs is 1. The average molecular weight is 361 g/mol. The largest absolute Gasteiger partial charge is 0.349 e. The van der Waals surface area contributed by atoms with Crippen LogP contribution in [-0.4, -0.2) is 9.55 Å². The van der Waals surface area contributed by atoms with Crippen LogP contribution in [-0.2, 0) is 18.6 Å². The van der Waals surface area contributed by atoms with Gasteiger partial charge in [0.25, 0.3) is 0 Å². The van der Waals surface area contributed by atoms with Gasteiger partial charge < -0.3 is 0 Å². The molecule has 2 aliphatic carbocycles. The van der Waals surface area contributed by atoms with Crippen molar-refractivity contribution in [1.29, 1.82) is 0 Å². The second-order valence-corrected chi connectivity index (χ2v) is 8.10. The Labute approximate surface area is 151 Å². The normalized spacial score (nSPS) is 17.4.